The fourth-order valence-electron chi connectivity index (χ4n) is 2.68. The molecule has 9 heteroatoms. The van der Waals surface area contributed by atoms with Gasteiger partial charge in [0.15, 0.2) is 0 Å². The topological polar surface area (TPSA) is 108 Å². The van der Waals surface area contributed by atoms with E-state index in [9.17, 15) is 18.0 Å². The van der Waals surface area contributed by atoms with E-state index in [-0.39, 0.29) is 5.91 Å². The summed E-state index contributed by atoms with van der Waals surface area (Å²) in [6, 6.07) is 14.4. The van der Waals surface area contributed by atoms with E-state index in [0.717, 1.165) is 16.1 Å². The van der Waals surface area contributed by atoms with E-state index in [0.29, 0.717) is 17.1 Å². The Morgan fingerprint density at radius 1 is 1.00 bits per heavy atom. The first kappa shape index (κ1) is 22.1. The van der Waals surface area contributed by atoms with E-state index in [1.165, 1.54) is 13.8 Å². The molecular formula is C20H24N4O4S. The Balaban J connectivity index is 2.14. The van der Waals surface area contributed by atoms with Crippen LogP contribution in [0, 0.1) is 0 Å². The number of hydrogen-bond donors (Lipinski definition) is 2. The highest BCUT2D eigenvalue weighted by molar-refractivity contribution is 7.92. The number of hydrogen-bond acceptors (Lipinski definition) is 5. The van der Waals surface area contributed by atoms with Gasteiger partial charge in [-0.25, -0.2) is 13.8 Å². The molecule has 0 aromatic heterocycles. The molecular weight excluding hydrogens is 392 g/mol. The minimum Gasteiger partial charge on any atom is -0.326 e. The van der Waals surface area contributed by atoms with Crippen molar-refractivity contribution in [1.29, 1.82) is 0 Å². The van der Waals surface area contributed by atoms with Crippen molar-refractivity contribution in [1.82, 2.24) is 5.43 Å². The van der Waals surface area contributed by atoms with Gasteiger partial charge in [-0.2, -0.15) is 5.10 Å². The molecule has 0 radical (unpaired) electrons. The number of hydrazone groups is 1. The lowest BCUT2D eigenvalue weighted by Crippen LogP contribution is -2.46. The highest BCUT2D eigenvalue weighted by Crippen LogP contribution is 2.20. The SMILES string of the molecule is CC(=O)Nc1ccc(/C(C)=N\NC(=O)[C@@H](C)N(c2ccccc2)S(C)(=O)=O)cc1. The molecule has 2 aromatic rings. The molecule has 2 rings (SSSR count). The van der Waals surface area contributed by atoms with Crippen LogP contribution >= 0.6 is 0 Å². The molecule has 0 bridgehead atoms. The molecule has 0 fully saturated rings. The van der Waals surface area contributed by atoms with Crippen molar-refractivity contribution in [3.8, 4) is 0 Å². The van der Waals surface area contributed by atoms with E-state index >= 15 is 0 Å². The van der Waals surface area contributed by atoms with Crippen LogP contribution < -0.4 is 15.0 Å². The second kappa shape index (κ2) is 9.33. The predicted octanol–water partition coefficient (Wildman–Crippen LogP) is 2.34. The summed E-state index contributed by atoms with van der Waals surface area (Å²) in [6.07, 6.45) is 1.05. The van der Waals surface area contributed by atoms with E-state index in [1.54, 1.807) is 61.5 Å². The van der Waals surface area contributed by atoms with Gasteiger partial charge in [-0.1, -0.05) is 30.3 Å². The monoisotopic (exact) mass is 416 g/mol. The summed E-state index contributed by atoms with van der Waals surface area (Å²) in [5.41, 5.74) is 4.75. The molecule has 2 aromatic carbocycles. The van der Waals surface area contributed by atoms with Gasteiger partial charge in [0.25, 0.3) is 5.91 Å². The molecule has 0 heterocycles. The third-order valence-corrected chi connectivity index (χ3v) is 5.30. The fraction of sp³-hybridized carbons (Fsp3) is 0.250. The van der Waals surface area contributed by atoms with E-state index in [1.807, 2.05) is 0 Å². The van der Waals surface area contributed by atoms with Crippen LogP contribution in [0.15, 0.2) is 59.7 Å². The number of carbonyl (C=O) groups is 2. The maximum Gasteiger partial charge on any atom is 0.263 e. The van der Waals surface area contributed by atoms with Gasteiger partial charge in [-0.05, 0) is 43.7 Å². The van der Waals surface area contributed by atoms with Crippen LogP contribution in [0.5, 0.6) is 0 Å². The first-order valence-corrected chi connectivity index (χ1v) is 10.7. The van der Waals surface area contributed by atoms with Gasteiger partial charge in [0.05, 0.1) is 17.7 Å². The molecule has 0 aliphatic carbocycles. The molecule has 29 heavy (non-hydrogen) atoms. The molecule has 2 amide bonds. The summed E-state index contributed by atoms with van der Waals surface area (Å²) in [6.45, 7) is 4.63. The van der Waals surface area contributed by atoms with Crippen LogP contribution in [-0.2, 0) is 19.6 Å². The Bertz CT molecular complexity index is 1000. The van der Waals surface area contributed by atoms with E-state index in [2.05, 4.69) is 15.8 Å². The van der Waals surface area contributed by atoms with Gasteiger partial charge in [-0.15, -0.1) is 0 Å². The van der Waals surface area contributed by atoms with Gasteiger partial charge in [0.2, 0.25) is 15.9 Å². The lowest BCUT2D eigenvalue weighted by Gasteiger charge is -2.27. The number of nitrogens with one attached hydrogen (secondary N) is 2. The molecule has 0 saturated carbocycles. The largest absolute Gasteiger partial charge is 0.326 e. The first-order chi connectivity index (χ1) is 13.6. The van der Waals surface area contributed by atoms with Crippen molar-refractivity contribution in [3.63, 3.8) is 0 Å². The molecule has 8 nitrogen and oxygen atoms in total. The lowest BCUT2D eigenvalue weighted by molar-refractivity contribution is -0.121. The summed E-state index contributed by atoms with van der Waals surface area (Å²) in [4.78, 5) is 23.6. The molecule has 1 atom stereocenters. The van der Waals surface area contributed by atoms with Gasteiger partial charge in [-0.3, -0.25) is 13.9 Å². The first-order valence-electron chi connectivity index (χ1n) is 8.86. The number of benzene rings is 2. The molecule has 0 saturated heterocycles. The van der Waals surface area contributed by atoms with Crippen LogP contribution in [0.4, 0.5) is 11.4 Å². The van der Waals surface area contributed by atoms with Crippen molar-refractivity contribution in [2.24, 2.45) is 5.10 Å². The normalized spacial score (nSPS) is 12.8. The number of carbonyl (C=O) groups excluding carboxylic acids is 2. The summed E-state index contributed by atoms with van der Waals surface area (Å²) in [5.74, 6) is -0.730. The lowest BCUT2D eigenvalue weighted by atomic mass is 10.1. The standard InChI is InChI=1S/C20H24N4O4S/c1-14(17-10-12-18(13-11-17)21-16(3)25)22-23-20(26)15(2)24(29(4,27)28)19-8-6-5-7-9-19/h5-13,15H,1-4H3,(H,21,25)(H,23,26)/b22-14-/t15-/m1/s1. The molecule has 0 unspecified atom stereocenters. The summed E-state index contributed by atoms with van der Waals surface area (Å²) in [7, 11) is -3.68. The van der Waals surface area contributed by atoms with E-state index < -0.39 is 22.0 Å². The molecule has 2 N–H and O–H groups in total. The Kier molecular flexibility index (Phi) is 7.11. The minimum absolute atomic E-state index is 0.168. The molecule has 0 aliphatic rings. The zero-order chi connectivity index (χ0) is 21.6. The predicted molar refractivity (Wildman–Crippen MR) is 114 cm³/mol. The van der Waals surface area contributed by atoms with Crippen LogP contribution in [0.25, 0.3) is 0 Å². The number of nitrogens with zero attached hydrogens (tertiary/aromatic N) is 2. The quantitative estimate of drug-likeness (QED) is 0.533. The zero-order valence-electron chi connectivity index (χ0n) is 16.7. The molecule has 0 spiro atoms. The summed E-state index contributed by atoms with van der Waals surface area (Å²) in [5, 5.41) is 6.74. The highest BCUT2D eigenvalue weighted by atomic mass is 32.2. The second-order valence-corrected chi connectivity index (χ2v) is 8.36. The zero-order valence-corrected chi connectivity index (χ0v) is 17.5. The maximum atomic E-state index is 12.5. The van der Waals surface area contributed by atoms with Crippen LogP contribution in [0.2, 0.25) is 0 Å². The smallest absolute Gasteiger partial charge is 0.263 e. The minimum atomic E-state index is -3.68. The number of para-hydroxylation sites is 1. The second-order valence-electron chi connectivity index (χ2n) is 6.50. The number of sulfonamides is 1. The third kappa shape index (κ3) is 6.15. The Morgan fingerprint density at radius 3 is 2.10 bits per heavy atom. The van der Waals surface area contributed by atoms with Crippen LogP contribution in [0.3, 0.4) is 0 Å². The average molecular weight is 417 g/mol. The maximum absolute atomic E-state index is 12.5. The summed E-state index contributed by atoms with van der Waals surface area (Å²) < 4.78 is 25.5. The average Bonchev–Trinajstić information content (AvgIpc) is 2.65. The van der Waals surface area contributed by atoms with Gasteiger partial charge in [0, 0.05) is 12.6 Å². The van der Waals surface area contributed by atoms with Crippen molar-refractivity contribution < 1.29 is 18.0 Å². The Hall–Kier alpha value is -3.20. The molecule has 0 aliphatic heterocycles. The van der Waals surface area contributed by atoms with Crippen LogP contribution in [0.1, 0.15) is 26.3 Å². The van der Waals surface area contributed by atoms with Crippen molar-refractivity contribution in [2.75, 3.05) is 15.9 Å². The third-order valence-electron chi connectivity index (χ3n) is 4.06. The fourth-order valence-corrected chi connectivity index (χ4v) is 3.85. The van der Waals surface area contributed by atoms with Crippen LogP contribution in [-0.4, -0.2) is 38.2 Å². The Labute approximate surface area is 170 Å². The Morgan fingerprint density at radius 2 is 1.59 bits per heavy atom. The summed E-state index contributed by atoms with van der Waals surface area (Å²) >= 11 is 0. The van der Waals surface area contributed by atoms with Gasteiger partial charge < -0.3 is 5.32 Å². The van der Waals surface area contributed by atoms with E-state index in [4.69, 9.17) is 0 Å². The number of amides is 2. The van der Waals surface area contributed by atoms with Crippen molar-refractivity contribution in [3.05, 3.63) is 60.2 Å². The number of rotatable bonds is 7. The van der Waals surface area contributed by atoms with Gasteiger partial charge >= 0.3 is 0 Å². The van der Waals surface area contributed by atoms with Crippen molar-refractivity contribution >= 4 is 38.9 Å². The van der Waals surface area contributed by atoms with Crippen molar-refractivity contribution in [2.45, 2.75) is 26.8 Å². The highest BCUT2D eigenvalue weighted by Gasteiger charge is 2.28. The number of anilines is 2. The van der Waals surface area contributed by atoms with Gasteiger partial charge in [0.1, 0.15) is 6.04 Å². The molecule has 154 valence electrons.